The second kappa shape index (κ2) is 11.3. The van der Waals surface area contributed by atoms with E-state index in [0.29, 0.717) is 36.2 Å². The topological polar surface area (TPSA) is 93.9 Å². The van der Waals surface area contributed by atoms with Crippen molar-refractivity contribution in [1.82, 2.24) is 9.78 Å². The van der Waals surface area contributed by atoms with E-state index >= 15 is 0 Å². The summed E-state index contributed by atoms with van der Waals surface area (Å²) in [5.41, 5.74) is -2.28. The summed E-state index contributed by atoms with van der Waals surface area (Å²) in [4.78, 5) is 24.9. The molecular formula is C21H32F3N3O5Si. The van der Waals surface area contributed by atoms with Crippen molar-refractivity contribution in [3.05, 3.63) is 33.8 Å². The number of hydrogen-bond acceptors (Lipinski definition) is 6. The Hall–Kier alpha value is -2.18. The number of aromatic nitrogens is 2. The Morgan fingerprint density at radius 3 is 2.64 bits per heavy atom. The van der Waals surface area contributed by atoms with Gasteiger partial charge in [-0.1, -0.05) is 19.6 Å². The van der Waals surface area contributed by atoms with E-state index < -0.39 is 31.3 Å². The number of halogens is 3. The molecule has 1 N–H and O–H groups in total. The number of carboxylic acid groups (broad SMARTS) is 1. The fourth-order valence-electron chi connectivity index (χ4n) is 3.52. The lowest BCUT2D eigenvalue weighted by atomic mass is 10.2. The molecule has 0 unspecified atom stereocenters. The van der Waals surface area contributed by atoms with Gasteiger partial charge < -0.3 is 19.5 Å². The van der Waals surface area contributed by atoms with E-state index in [2.05, 4.69) is 24.7 Å². The third-order valence-corrected chi connectivity index (χ3v) is 6.92. The van der Waals surface area contributed by atoms with Crippen LogP contribution < -0.4 is 10.5 Å². The lowest BCUT2D eigenvalue weighted by molar-refractivity contribution is -0.139. The molecule has 2 heterocycles. The molecule has 0 aromatic carbocycles. The van der Waals surface area contributed by atoms with Crippen molar-refractivity contribution in [2.75, 3.05) is 31.3 Å². The van der Waals surface area contributed by atoms with Crippen LogP contribution in [0.5, 0.6) is 0 Å². The maximum atomic E-state index is 13.9. The maximum Gasteiger partial charge on any atom is 0.423 e. The summed E-state index contributed by atoms with van der Waals surface area (Å²) in [7, 11) is -1.37. The molecule has 186 valence electrons. The lowest BCUT2D eigenvalue weighted by Crippen LogP contribution is -2.39. The number of nitrogens with zero attached hydrogens (tertiary/aromatic N) is 3. The van der Waals surface area contributed by atoms with Gasteiger partial charge in [-0.25, -0.2) is 9.48 Å². The van der Waals surface area contributed by atoms with Gasteiger partial charge in [0.25, 0.3) is 5.56 Å². The van der Waals surface area contributed by atoms with Gasteiger partial charge in [-0.2, -0.15) is 18.3 Å². The first kappa shape index (κ1) is 27.1. The van der Waals surface area contributed by atoms with Gasteiger partial charge >= 0.3 is 12.1 Å². The van der Waals surface area contributed by atoms with Gasteiger partial charge in [-0.3, -0.25) is 4.79 Å². The summed E-state index contributed by atoms with van der Waals surface area (Å²) in [6, 6.07) is 0.441. The van der Waals surface area contributed by atoms with Crippen LogP contribution in [-0.2, 0) is 27.2 Å². The highest BCUT2D eigenvalue weighted by atomic mass is 28.3. The molecule has 0 aliphatic carbocycles. The van der Waals surface area contributed by atoms with Crippen molar-refractivity contribution in [1.29, 1.82) is 0 Å². The largest absolute Gasteiger partial charge is 0.478 e. The van der Waals surface area contributed by atoms with Gasteiger partial charge in [0, 0.05) is 27.3 Å². The molecule has 1 fully saturated rings. The first-order valence-corrected chi connectivity index (χ1v) is 14.5. The first-order chi connectivity index (χ1) is 15.3. The van der Waals surface area contributed by atoms with Crippen LogP contribution in [0.3, 0.4) is 0 Å². The summed E-state index contributed by atoms with van der Waals surface area (Å²) in [6.45, 7) is 8.55. The SMILES string of the molecule is C/C(=C\C(=O)O)COC[C@@H]1CCCN1c1cnn(COCC[Si](C)(C)C)c(=O)c1C(F)(F)F. The molecule has 1 aliphatic rings. The van der Waals surface area contributed by atoms with Crippen LogP contribution in [0.1, 0.15) is 25.3 Å². The van der Waals surface area contributed by atoms with E-state index in [1.165, 1.54) is 4.90 Å². The Kier molecular flexibility index (Phi) is 9.26. The Morgan fingerprint density at radius 1 is 1.33 bits per heavy atom. The molecule has 0 spiro atoms. The molecule has 0 bridgehead atoms. The van der Waals surface area contributed by atoms with E-state index in [0.717, 1.165) is 18.3 Å². The number of rotatable bonds is 11. The normalized spacial score (nSPS) is 17.6. The molecule has 1 aromatic rings. The van der Waals surface area contributed by atoms with Gasteiger partial charge in [0.05, 0.1) is 31.1 Å². The minimum absolute atomic E-state index is 0.0530. The van der Waals surface area contributed by atoms with Crippen molar-refractivity contribution < 1.29 is 32.5 Å². The summed E-state index contributed by atoms with van der Waals surface area (Å²) in [6.07, 6.45) is -1.55. The summed E-state index contributed by atoms with van der Waals surface area (Å²) >= 11 is 0. The molecule has 33 heavy (non-hydrogen) atoms. The second-order valence-electron chi connectivity index (χ2n) is 9.39. The van der Waals surface area contributed by atoms with Crippen LogP contribution >= 0.6 is 0 Å². The Balaban J connectivity index is 2.18. The van der Waals surface area contributed by atoms with E-state index in [4.69, 9.17) is 14.6 Å². The van der Waals surface area contributed by atoms with Crippen molar-refractivity contribution >= 4 is 19.7 Å². The van der Waals surface area contributed by atoms with Gasteiger partial charge in [-0.05, 0) is 31.4 Å². The predicted octanol–water partition coefficient (Wildman–Crippen LogP) is 3.59. The zero-order valence-corrected chi connectivity index (χ0v) is 20.4. The number of alkyl halides is 3. The molecule has 1 aromatic heterocycles. The molecular weight excluding hydrogens is 459 g/mol. The Bertz CT molecular complexity index is 912. The van der Waals surface area contributed by atoms with Gasteiger partial charge in [0.1, 0.15) is 12.3 Å². The first-order valence-electron chi connectivity index (χ1n) is 10.8. The maximum absolute atomic E-state index is 13.9. The highest BCUT2D eigenvalue weighted by molar-refractivity contribution is 6.76. The van der Waals surface area contributed by atoms with Crippen molar-refractivity contribution in [2.45, 2.75) is 64.4 Å². The van der Waals surface area contributed by atoms with E-state index in [1.54, 1.807) is 6.92 Å². The molecule has 0 saturated carbocycles. The Morgan fingerprint density at radius 2 is 2.03 bits per heavy atom. The molecule has 0 radical (unpaired) electrons. The van der Waals surface area contributed by atoms with Crippen molar-refractivity contribution in [3.8, 4) is 0 Å². The zero-order chi connectivity index (χ0) is 24.8. The molecule has 0 amide bonds. The van der Waals surface area contributed by atoms with Crippen LogP contribution in [0.25, 0.3) is 0 Å². The van der Waals surface area contributed by atoms with Gasteiger partial charge in [0.2, 0.25) is 0 Å². The highest BCUT2D eigenvalue weighted by Gasteiger charge is 2.41. The van der Waals surface area contributed by atoms with Crippen LogP contribution in [0, 0.1) is 0 Å². The summed E-state index contributed by atoms with van der Waals surface area (Å²) in [5, 5.41) is 12.7. The van der Waals surface area contributed by atoms with Gasteiger partial charge in [0.15, 0.2) is 0 Å². The zero-order valence-electron chi connectivity index (χ0n) is 19.4. The molecule has 1 saturated heterocycles. The number of hydrogen-bond donors (Lipinski definition) is 1. The van der Waals surface area contributed by atoms with E-state index in [-0.39, 0.29) is 31.7 Å². The molecule has 12 heteroatoms. The minimum atomic E-state index is -4.86. The fourth-order valence-corrected chi connectivity index (χ4v) is 4.28. The number of carbonyl (C=O) groups is 1. The number of carboxylic acids is 1. The van der Waals surface area contributed by atoms with Crippen molar-refractivity contribution in [3.63, 3.8) is 0 Å². The number of aliphatic carboxylic acids is 1. The molecule has 8 nitrogen and oxygen atoms in total. The lowest BCUT2D eigenvalue weighted by Gasteiger charge is -2.29. The average Bonchev–Trinajstić information content (AvgIpc) is 3.12. The summed E-state index contributed by atoms with van der Waals surface area (Å²) in [5.74, 6) is -1.09. The standard InChI is InChI=1S/C21H32F3N3O5Si/c1-15(10-18(28)29)12-32-13-16-6-5-7-26(16)17-11-25-27(14-31-8-9-33(2,3)4)20(30)19(17)21(22,23)24/h10-11,16H,5-9,12-14H2,1-4H3,(H,28,29)/b15-10+/t16-/m0/s1. The monoisotopic (exact) mass is 491 g/mol. The van der Waals surface area contributed by atoms with E-state index in [1.807, 2.05) is 0 Å². The Labute approximate surface area is 192 Å². The minimum Gasteiger partial charge on any atom is -0.478 e. The third-order valence-electron chi connectivity index (χ3n) is 5.21. The average molecular weight is 492 g/mol. The van der Waals surface area contributed by atoms with Crippen LogP contribution in [-0.4, -0.2) is 61.3 Å². The number of anilines is 1. The number of ether oxygens (including phenoxy) is 2. The van der Waals surface area contributed by atoms with E-state index in [9.17, 15) is 22.8 Å². The molecule has 1 atom stereocenters. The smallest absolute Gasteiger partial charge is 0.423 e. The second-order valence-corrected chi connectivity index (χ2v) is 15.0. The third kappa shape index (κ3) is 8.27. The summed E-state index contributed by atoms with van der Waals surface area (Å²) < 4.78 is 53.3. The van der Waals surface area contributed by atoms with Gasteiger partial charge in [-0.15, -0.1) is 0 Å². The van der Waals surface area contributed by atoms with Crippen LogP contribution in [0.15, 0.2) is 22.6 Å². The molecule has 2 rings (SSSR count). The molecule has 1 aliphatic heterocycles. The fraction of sp³-hybridized carbons (Fsp3) is 0.667. The predicted molar refractivity (Wildman–Crippen MR) is 120 cm³/mol. The quantitative estimate of drug-likeness (QED) is 0.287. The van der Waals surface area contributed by atoms with Crippen LogP contribution in [0.4, 0.5) is 18.9 Å². The van der Waals surface area contributed by atoms with Crippen LogP contribution in [0.2, 0.25) is 25.7 Å². The van der Waals surface area contributed by atoms with Crippen molar-refractivity contribution in [2.24, 2.45) is 0 Å². The highest BCUT2D eigenvalue weighted by Crippen LogP contribution is 2.36.